The Hall–Kier alpha value is -2.89. The van der Waals surface area contributed by atoms with Gasteiger partial charge in [0.2, 0.25) is 0 Å². The lowest BCUT2D eigenvalue weighted by Crippen LogP contribution is -2.13. The number of carboxylic acid groups (broad SMARTS) is 1. The molecule has 0 saturated carbocycles. The maximum atomic E-state index is 11.3. The molecule has 1 aromatic heterocycles. The maximum absolute atomic E-state index is 11.3. The lowest BCUT2D eigenvalue weighted by atomic mass is 10.1. The van der Waals surface area contributed by atoms with Crippen molar-refractivity contribution in [2.24, 2.45) is 5.73 Å². The summed E-state index contributed by atoms with van der Waals surface area (Å²) >= 11 is 0. The van der Waals surface area contributed by atoms with Crippen LogP contribution in [0, 0.1) is 0 Å². The standard InChI is InChI=1S/C13H11N3O3/c14-12(17)8-3-1-2-4-10(8)16-11-7-15-6-5-9(11)13(18)19/h1-7,16H,(H2,14,17)(H,18,19). The van der Waals surface area contributed by atoms with Gasteiger partial charge in [0.1, 0.15) is 0 Å². The summed E-state index contributed by atoms with van der Waals surface area (Å²) in [7, 11) is 0. The number of amides is 1. The number of carbonyl (C=O) groups excluding carboxylic acids is 1. The SMILES string of the molecule is NC(=O)c1ccccc1Nc1cnccc1C(=O)O. The van der Waals surface area contributed by atoms with Crippen molar-refractivity contribution < 1.29 is 14.7 Å². The Morgan fingerprint density at radius 2 is 1.84 bits per heavy atom. The Morgan fingerprint density at radius 1 is 1.11 bits per heavy atom. The van der Waals surface area contributed by atoms with Gasteiger partial charge in [0.25, 0.3) is 5.91 Å². The number of benzene rings is 1. The molecule has 0 unspecified atom stereocenters. The van der Waals surface area contributed by atoms with Crippen LogP contribution in [0.2, 0.25) is 0 Å². The van der Waals surface area contributed by atoms with Gasteiger partial charge in [-0.15, -0.1) is 0 Å². The predicted octanol–water partition coefficient (Wildman–Crippen LogP) is 1.62. The average Bonchev–Trinajstić information content (AvgIpc) is 2.39. The van der Waals surface area contributed by atoms with E-state index in [9.17, 15) is 9.59 Å². The second kappa shape index (κ2) is 5.18. The third kappa shape index (κ3) is 2.68. The van der Waals surface area contributed by atoms with Crippen molar-refractivity contribution in [3.05, 3.63) is 53.9 Å². The summed E-state index contributed by atoms with van der Waals surface area (Å²) < 4.78 is 0. The number of aromatic carboxylic acids is 1. The lowest BCUT2D eigenvalue weighted by molar-refractivity contribution is 0.0697. The summed E-state index contributed by atoms with van der Waals surface area (Å²) in [6, 6.07) is 7.95. The number of nitrogens with zero attached hydrogens (tertiary/aromatic N) is 1. The molecule has 0 fully saturated rings. The van der Waals surface area contributed by atoms with Crippen molar-refractivity contribution in [1.82, 2.24) is 4.98 Å². The molecule has 1 aromatic carbocycles. The van der Waals surface area contributed by atoms with Crippen molar-refractivity contribution in [3.63, 3.8) is 0 Å². The van der Waals surface area contributed by atoms with E-state index in [0.29, 0.717) is 11.4 Å². The Kier molecular flexibility index (Phi) is 3.42. The second-order valence-electron chi connectivity index (χ2n) is 3.76. The topological polar surface area (TPSA) is 105 Å². The summed E-state index contributed by atoms with van der Waals surface area (Å²) in [6.45, 7) is 0. The van der Waals surface area contributed by atoms with Gasteiger partial charge < -0.3 is 16.2 Å². The number of hydrogen-bond acceptors (Lipinski definition) is 4. The first-order chi connectivity index (χ1) is 9.09. The van der Waals surface area contributed by atoms with Crippen LogP contribution in [-0.4, -0.2) is 22.0 Å². The molecule has 19 heavy (non-hydrogen) atoms. The van der Waals surface area contributed by atoms with Crippen LogP contribution >= 0.6 is 0 Å². The predicted molar refractivity (Wildman–Crippen MR) is 69.4 cm³/mol. The minimum Gasteiger partial charge on any atom is -0.478 e. The van der Waals surface area contributed by atoms with Crippen molar-refractivity contribution in [2.45, 2.75) is 0 Å². The van der Waals surface area contributed by atoms with Crippen LogP contribution < -0.4 is 11.1 Å². The molecule has 0 aliphatic rings. The van der Waals surface area contributed by atoms with Gasteiger partial charge in [-0.25, -0.2) is 4.79 Å². The Balaban J connectivity index is 2.42. The minimum absolute atomic E-state index is 0.0641. The fourth-order valence-electron chi connectivity index (χ4n) is 1.63. The number of hydrogen-bond donors (Lipinski definition) is 3. The highest BCUT2D eigenvalue weighted by molar-refractivity contribution is 6.00. The van der Waals surface area contributed by atoms with Crippen LogP contribution in [0.25, 0.3) is 0 Å². The zero-order valence-corrected chi connectivity index (χ0v) is 9.83. The molecule has 0 aliphatic heterocycles. The molecule has 1 heterocycles. The molecule has 0 aliphatic carbocycles. The number of nitrogens with one attached hydrogen (secondary N) is 1. The molecule has 1 amide bonds. The van der Waals surface area contributed by atoms with Gasteiger partial charge in [0.15, 0.2) is 0 Å². The summed E-state index contributed by atoms with van der Waals surface area (Å²) in [6.07, 6.45) is 2.76. The van der Waals surface area contributed by atoms with Crippen molar-refractivity contribution in [3.8, 4) is 0 Å². The van der Waals surface area contributed by atoms with Gasteiger partial charge >= 0.3 is 5.97 Å². The van der Waals surface area contributed by atoms with Crippen LogP contribution in [0.4, 0.5) is 11.4 Å². The highest BCUT2D eigenvalue weighted by atomic mass is 16.4. The number of carboxylic acids is 1. The number of carbonyl (C=O) groups is 2. The van der Waals surface area contributed by atoms with E-state index in [0.717, 1.165) is 0 Å². The van der Waals surface area contributed by atoms with Gasteiger partial charge in [0.05, 0.1) is 28.7 Å². The molecule has 96 valence electrons. The molecule has 6 nitrogen and oxygen atoms in total. The fourth-order valence-corrected chi connectivity index (χ4v) is 1.63. The molecule has 6 heteroatoms. The second-order valence-corrected chi connectivity index (χ2v) is 3.76. The minimum atomic E-state index is -1.08. The Morgan fingerprint density at radius 3 is 2.53 bits per heavy atom. The fraction of sp³-hybridized carbons (Fsp3) is 0. The number of rotatable bonds is 4. The van der Waals surface area contributed by atoms with Gasteiger partial charge in [-0.1, -0.05) is 12.1 Å². The van der Waals surface area contributed by atoms with E-state index in [1.165, 1.54) is 18.5 Å². The third-order valence-electron chi connectivity index (χ3n) is 2.51. The largest absolute Gasteiger partial charge is 0.478 e. The van der Waals surface area contributed by atoms with Gasteiger partial charge in [-0.3, -0.25) is 9.78 Å². The van der Waals surface area contributed by atoms with Crippen molar-refractivity contribution in [1.29, 1.82) is 0 Å². The highest BCUT2D eigenvalue weighted by Gasteiger charge is 2.12. The number of anilines is 2. The van der Waals surface area contributed by atoms with Crippen LogP contribution in [0.15, 0.2) is 42.7 Å². The van der Waals surface area contributed by atoms with Gasteiger partial charge in [0, 0.05) is 6.20 Å². The number of nitrogens with two attached hydrogens (primary N) is 1. The quantitative estimate of drug-likeness (QED) is 0.771. The summed E-state index contributed by atoms with van der Waals surface area (Å²) in [5.41, 5.74) is 6.33. The first kappa shape index (κ1) is 12.6. The lowest BCUT2D eigenvalue weighted by Gasteiger charge is -2.11. The van der Waals surface area contributed by atoms with Crippen LogP contribution in [0.5, 0.6) is 0 Å². The maximum Gasteiger partial charge on any atom is 0.337 e. The van der Waals surface area contributed by atoms with Gasteiger partial charge in [-0.05, 0) is 18.2 Å². The molecule has 0 radical (unpaired) electrons. The van der Waals surface area contributed by atoms with E-state index < -0.39 is 11.9 Å². The molecule has 2 aromatic rings. The van der Waals surface area contributed by atoms with Crippen LogP contribution in [0.1, 0.15) is 20.7 Å². The zero-order valence-electron chi connectivity index (χ0n) is 9.83. The Bertz CT molecular complexity index is 585. The van der Waals surface area contributed by atoms with E-state index in [2.05, 4.69) is 10.3 Å². The van der Waals surface area contributed by atoms with E-state index in [1.807, 2.05) is 0 Å². The van der Waals surface area contributed by atoms with Crippen LogP contribution in [-0.2, 0) is 0 Å². The number of para-hydroxylation sites is 1. The van der Waals surface area contributed by atoms with E-state index in [1.54, 1.807) is 24.3 Å². The number of pyridine rings is 1. The molecule has 0 bridgehead atoms. The number of aromatic nitrogens is 1. The summed E-state index contributed by atoms with van der Waals surface area (Å²) in [4.78, 5) is 26.2. The Labute approximate surface area is 108 Å². The molecular formula is C13H11N3O3. The first-order valence-corrected chi connectivity index (χ1v) is 5.42. The normalized spacial score (nSPS) is 9.89. The molecule has 2 rings (SSSR count). The number of primary amides is 1. The molecule has 0 spiro atoms. The highest BCUT2D eigenvalue weighted by Crippen LogP contribution is 2.22. The summed E-state index contributed by atoms with van der Waals surface area (Å²) in [5, 5.41) is 11.9. The first-order valence-electron chi connectivity index (χ1n) is 5.42. The van der Waals surface area contributed by atoms with Gasteiger partial charge in [-0.2, -0.15) is 0 Å². The average molecular weight is 257 g/mol. The van der Waals surface area contributed by atoms with E-state index in [4.69, 9.17) is 10.8 Å². The van der Waals surface area contributed by atoms with E-state index in [-0.39, 0.29) is 11.1 Å². The molecule has 4 N–H and O–H groups in total. The van der Waals surface area contributed by atoms with E-state index >= 15 is 0 Å². The molecular weight excluding hydrogens is 246 g/mol. The van der Waals surface area contributed by atoms with Crippen molar-refractivity contribution >= 4 is 23.3 Å². The third-order valence-corrected chi connectivity index (χ3v) is 2.51. The molecule has 0 atom stereocenters. The summed E-state index contributed by atoms with van der Waals surface area (Å²) in [5.74, 6) is -1.68. The molecule has 0 saturated heterocycles. The van der Waals surface area contributed by atoms with Crippen molar-refractivity contribution in [2.75, 3.05) is 5.32 Å². The van der Waals surface area contributed by atoms with Crippen LogP contribution in [0.3, 0.4) is 0 Å². The zero-order chi connectivity index (χ0) is 13.8. The smallest absolute Gasteiger partial charge is 0.337 e. The monoisotopic (exact) mass is 257 g/mol.